The zero-order chi connectivity index (χ0) is 10.4. The lowest BCUT2D eigenvalue weighted by molar-refractivity contribution is -0.118. The Balaban J connectivity index is 2.51. The highest BCUT2D eigenvalue weighted by Crippen LogP contribution is 1.95. The van der Waals surface area contributed by atoms with Gasteiger partial charge in [-0.05, 0) is 18.1 Å². The molecule has 14 heavy (non-hydrogen) atoms. The van der Waals surface area contributed by atoms with E-state index < -0.39 is 5.82 Å². The normalized spacial score (nSPS) is 8.71. The molecule has 0 unspecified atom stereocenters. The maximum Gasteiger partial charge on any atom is 0.217 e. The number of carbonyl (C=O) groups is 1. The predicted molar refractivity (Wildman–Crippen MR) is 49.8 cm³/mol. The van der Waals surface area contributed by atoms with Gasteiger partial charge in [0.25, 0.3) is 0 Å². The van der Waals surface area contributed by atoms with Gasteiger partial charge >= 0.3 is 0 Å². The molecule has 0 aromatic carbocycles. The van der Waals surface area contributed by atoms with Gasteiger partial charge in [0.15, 0.2) is 0 Å². The molecule has 0 aliphatic heterocycles. The topological polar surface area (TPSA) is 42.0 Å². The van der Waals surface area contributed by atoms with Crippen molar-refractivity contribution in [2.45, 2.75) is 6.92 Å². The molecule has 0 aliphatic rings. The summed E-state index contributed by atoms with van der Waals surface area (Å²) in [4.78, 5) is 14.2. The molecule has 1 rings (SSSR count). The third-order valence-electron chi connectivity index (χ3n) is 1.37. The number of aromatic nitrogens is 1. The number of hydrogen-bond donors (Lipinski definition) is 1. The third kappa shape index (κ3) is 3.68. The fourth-order valence-electron chi connectivity index (χ4n) is 0.753. The lowest BCUT2D eigenvalue weighted by atomic mass is 10.3. The summed E-state index contributed by atoms with van der Waals surface area (Å²) in [5, 5.41) is 2.51. The van der Waals surface area contributed by atoms with Gasteiger partial charge in [-0.15, -0.1) is 0 Å². The van der Waals surface area contributed by atoms with Gasteiger partial charge in [0.05, 0.1) is 12.7 Å². The van der Waals surface area contributed by atoms with E-state index in [0.29, 0.717) is 5.69 Å². The van der Waals surface area contributed by atoms with E-state index in [-0.39, 0.29) is 12.5 Å². The number of halogens is 1. The molecular formula is C10H9FN2O. The minimum absolute atomic E-state index is 0.133. The minimum atomic E-state index is -0.391. The second kappa shape index (κ2) is 4.97. The maximum atomic E-state index is 12.4. The summed E-state index contributed by atoms with van der Waals surface area (Å²) in [6.45, 7) is 1.69. The summed E-state index contributed by atoms with van der Waals surface area (Å²) in [6, 6.07) is 2.77. The average Bonchev–Trinajstić information content (AvgIpc) is 2.15. The van der Waals surface area contributed by atoms with Crippen LogP contribution >= 0.6 is 0 Å². The number of nitrogens with one attached hydrogen (secondary N) is 1. The van der Waals surface area contributed by atoms with Crippen molar-refractivity contribution in [3.05, 3.63) is 29.8 Å². The Bertz CT molecular complexity index is 375. The largest absolute Gasteiger partial charge is 0.345 e. The summed E-state index contributed by atoms with van der Waals surface area (Å²) in [5.74, 6) is 4.85. The zero-order valence-electron chi connectivity index (χ0n) is 7.67. The molecule has 0 spiro atoms. The summed E-state index contributed by atoms with van der Waals surface area (Å²) in [5.41, 5.74) is 0.483. The molecule has 0 fully saturated rings. The van der Waals surface area contributed by atoms with Crippen molar-refractivity contribution in [3.8, 4) is 11.8 Å². The van der Waals surface area contributed by atoms with E-state index in [1.165, 1.54) is 19.1 Å². The monoisotopic (exact) mass is 192 g/mol. The molecular weight excluding hydrogens is 183 g/mol. The Morgan fingerprint density at radius 2 is 2.43 bits per heavy atom. The highest BCUT2D eigenvalue weighted by molar-refractivity contribution is 5.73. The van der Waals surface area contributed by atoms with E-state index in [2.05, 4.69) is 22.1 Å². The molecule has 72 valence electrons. The molecule has 3 nitrogen and oxygen atoms in total. The summed E-state index contributed by atoms with van der Waals surface area (Å²) in [6.07, 6.45) is 1.10. The number of hydrogen-bond acceptors (Lipinski definition) is 2. The minimum Gasteiger partial charge on any atom is -0.345 e. The second-order valence-corrected chi connectivity index (χ2v) is 2.57. The van der Waals surface area contributed by atoms with E-state index in [4.69, 9.17) is 0 Å². The van der Waals surface area contributed by atoms with Crippen LogP contribution in [0.4, 0.5) is 4.39 Å². The lowest BCUT2D eigenvalue weighted by Gasteiger charge is -1.91. The fraction of sp³-hybridized carbons (Fsp3) is 0.200. The molecule has 1 amide bonds. The van der Waals surface area contributed by atoms with Gasteiger partial charge in [-0.25, -0.2) is 9.37 Å². The zero-order valence-corrected chi connectivity index (χ0v) is 7.67. The van der Waals surface area contributed by atoms with Crippen molar-refractivity contribution >= 4 is 5.91 Å². The number of carbonyl (C=O) groups excluding carboxylic acids is 1. The van der Waals surface area contributed by atoms with E-state index >= 15 is 0 Å². The van der Waals surface area contributed by atoms with Crippen LogP contribution < -0.4 is 5.32 Å². The van der Waals surface area contributed by atoms with Gasteiger partial charge < -0.3 is 5.32 Å². The lowest BCUT2D eigenvalue weighted by Crippen LogP contribution is -2.19. The van der Waals surface area contributed by atoms with Crippen molar-refractivity contribution < 1.29 is 9.18 Å². The molecule has 1 aromatic heterocycles. The van der Waals surface area contributed by atoms with Crippen LogP contribution in [-0.4, -0.2) is 17.4 Å². The molecule has 4 heteroatoms. The van der Waals surface area contributed by atoms with Crippen molar-refractivity contribution in [3.63, 3.8) is 0 Å². The average molecular weight is 192 g/mol. The summed E-state index contributed by atoms with van der Waals surface area (Å²) < 4.78 is 12.4. The predicted octanol–water partition coefficient (Wildman–Crippen LogP) is 0.708. The van der Waals surface area contributed by atoms with E-state index in [1.54, 1.807) is 0 Å². The molecule has 0 saturated carbocycles. The van der Waals surface area contributed by atoms with Gasteiger partial charge in [-0.2, -0.15) is 0 Å². The van der Waals surface area contributed by atoms with E-state index in [9.17, 15) is 9.18 Å². The van der Waals surface area contributed by atoms with Crippen molar-refractivity contribution in [2.75, 3.05) is 6.54 Å². The summed E-state index contributed by atoms with van der Waals surface area (Å²) >= 11 is 0. The molecule has 1 heterocycles. The highest BCUT2D eigenvalue weighted by atomic mass is 19.1. The Kier molecular flexibility index (Phi) is 3.62. The van der Waals surface area contributed by atoms with Crippen LogP contribution in [0.1, 0.15) is 12.6 Å². The van der Waals surface area contributed by atoms with Crippen molar-refractivity contribution in [1.29, 1.82) is 0 Å². The van der Waals surface area contributed by atoms with Crippen LogP contribution in [0, 0.1) is 17.7 Å². The Morgan fingerprint density at radius 3 is 3.00 bits per heavy atom. The van der Waals surface area contributed by atoms with Gasteiger partial charge in [0, 0.05) is 6.92 Å². The molecule has 0 atom stereocenters. The quantitative estimate of drug-likeness (QED) is 0.666. The third-order valence-corrected chi connectivity index (χ3v) is 1.37. The van der Waals surface area contributed by atoms with Crippen LogP contribution in [0.5, 0.6) is 0 Å². The Labute approximate surface area is 81.4 Å². The fourth-order valence-corrected chi connectivity index (χ4v) is 0.753. The van der Waals surface area contributed by atoms with E-state index in [0.717, 1.165) is 6.20 Å². The molecule has 0 radical (unpaired) electrons. The van der Waals surface area contributed by atoms with Crippen LogP contribution in [0.3, 0.4) is 0 Å². The number of nitrogens with zero attached hydrogens (tertiary/aromatic N) is 1. The number of pyridine rings is 1. The van der Waals surface area contributed by atoms with Crippen molar-refractivity contribution in [2.24, 2.45) is 0 Å². The number of amides is 1. The highest BCUT2D eigenvalue weighted by Gasteiger charge is 1.89. The first-order valence-corrected chi connectivity index (χ1v) is 4.03. The molecule has 0 aliphatic carbocycles. The molecule has 0 saturated heterocycles. The second-order valence-electron chi connectivity index (χ2n) is 2.57. The smallest absolute Gasteiger partial charge is 0.217 e. The molecule has 1 N–H and O–H groups in total. The Hall–Kier alpha value is -1.89. The van der Waals surface area contributed by atoms with Crippen LogP contribution in [0.2, 0.25) is 0 Å². The molecule has 1 aromatic rings. The van der Waals surface area contributed by atoms with Gasteiger partial charge in [0.1, 0.15) is 11.5 Å². The van der Waals surface area contributed by atoms with Crippen LogP contribution in [0.25, 0.3) is 0 Å². The van der Waals surface area contributed by atoms with Gasteiger partial charge in [-0.3, -0.25) is 4.79 Å². The SMILES string of the molecule is CC(=O)NCC#Cc1ccc(F)cn1. The molecule has 0 bridgehead atoms. The van der Waals surface area contributed by atoms with Crippen molar-refractivity contribution in [1.82, 2.24) is 10.3 Å². The first-order valence-electron chi connectivity index (χ1n) is 4.03. The maximum absolute atomic E-state index is 12.4. The summed E-state index contributed by atoms with van der Waals surface area (Å²) in [7, 11) is 0. The standard InChI is InChI=1S/C10H9FN2O/c1-8(14)12-6-2-3-10-5-4-9(11)7-13-10/h4-5,7H,6H2,1H3,(H,12,14). The van der Waals surface area contributed by atoms with Gasteiger partial charge in [0.2, 0.25) is 5.91 Å². The first-order chi connectivity index (χ1) is 6.68. The number of rotatable bonds is 1. The van der Waals surface area contributed by atoms with Crippen LogP contribution in [-0.2, 0) is 4.79 Å². The van der Waals surface area contributed by atoms with Gasteiger partial charge in [-0.1, -0.05) is 5.92 Å². The van der Waals surface area contributed by atoms with E-state index in [1.807, 2.05) is 0 Å². The first kappa shape index (κ1) is 10.2. The Morgan fingerprint density at radius 1 is 1.64 bits per heavy atom. The van der Waals surface area contributed by atoms with Crippen LogP contribution in [0.15, 0.2) is 18.3 Å².